The molecule has 0 radical (unpaired) electrons. The van der Waals surface area contributed by atoms with Gasteiger partial charge < -0.3 is 10.2 Å². The quantitative estimate of drug-likeness (QED) is 0.713. The van der Waals surface area contributed by atoms with Crippen molar-refractivity contribution in [1.29, 1.82) is 0 Å². The van der Waals surface area contributed by atoms with Gasteiger partial charge >= 0.3 is 0 Å². The lowest BCUT2D eigenvalue weighted by atomic mass is 10.0. The molecule has 0 aromatic heterocycles. The van der Waals surface area contributed by atoms with Gasteiger partial charge in [0.1, 0.15) is 0 Å². The molecular weight excluding hydrogens is 164 g/mol. The van der Waals surface area contributed by atoms with Crippen LogP contribution in [0.5, 0.6) is 0 Å². The molecule has 0 aliphatic rings. The number of hydrogen-bond donors (Lipinski definition) is 2. The zero-order chi connectivity index (χ0) is 9.52. The van der Waals surface area contributed by atoms with Crippen LogP contribution in [0.4, 0.5) is 0 Å². The molecule has 0 fully saturated rings. The molecule has 0 amide bonds. The molecule has 2 N–H and O–H groups in total. The number of aliphatic hydroxyl groups is 2. The lowest BCUT2D eigenvalue weighted by Crippen LogP contribution is -1.98. The van der Waals surface area contributed by atoms with Crippen molar-refractivity contribution in [3.05, 3.63) is 35.4 Å². The van der Waals surface area contributed by atoms with E-state index in [0.29, 0.717) is 6.42 Å². The smallest absolute Gasteiger partial charge is 0.0471 e. The Morgan fingerprint density at radius 3 is 2.00 bits per heavy atom. The molecule has 0 bridgehead atoms. The third-order valence-corrected chi connectivity index (χ3v) is 2.10. The second kappa shape index (κ2) is 5.73. The van der Waals surface area contributed by atoms with Gasteiger partial charge in [-0.3, -0.25) is 0 Å². The predicted molar refractivity (Wildman–Crippen MR) is 52.6 cm³/mol. The van der Waals surface area contributed by atoms with Crippen molar-refractivity contribution in [3.63, 3.8) is 0 Å². The SMILES string of the molecule is OCCCc1ccccc1CCO. The number of benzene rings is 1. The van der Waals surface area contributed by atoms with Crippen LogP contribution < -0.4 is 0 Å². The summed E-state index contributed by atoms with van der Waals surface area (Å²) in [5.41, 5.74) is 2.43. The summed E-state index contributed by atoms with van der Waals surface area (Å²) in [5.74, 6) is 0. The summed E-state index contributed by atoms with van der Waals surface area (Å²) in [6, 6.07) is 8.06. The van der Waals surface area contributed by atoms with E-state index in [1.807, 2.05) is 18.2 Å². The van der Waals surface area contributed by atoms with E-state index < -0.39 is 0 Å². The Balaban J connectivity index is 2.66. The van der Waals surface area contributed by atoms with E-state index in [1.54, 1.807) is 0 Å². The Kier molecular flexibility index (Phi) is 4.50. The topological polar surface area (TPSA) is 40.5 Å². The van der Waals surface area contributed by atoms with Crippen LogP contribution in [0.25, 0.3) is 0 Å². The number of aliphatic hydroxyl groups excluding tert-OH is 2. The first-order valence-corrected chi connectivity index (χ1v) is 4.67. The van der Waals surface area contributed by atoms with Crippen LogP contribution in [0.2, 0.25) is 0 Å². The van der Waals surface area contributed by atoms with Gasteiger partial charge in [-0.25, -0.2) is 0 Å². The summed E-state index contributed by atoms with van der Waals surface area (Å²) in [5, 5.41) is 17.5. The van der Waals surface area contributed by atoms with Crippen molar-refractivity contribution in [1.82, 2.24) is 0 Å². The lowest BCUT2D eigenvalue weighted by molar-refractivity contribution is 0.287. The number of aryl methyl sites for hydroxylation is 1. The van der Waals surface area contributed by atoms with Crippen LogP contribution in [0.3, 0.4) is 0 Å². The van der Waals surface area contributed by atoms with Gasteiger partial charge in [-0.15, -0.1) is 0 Å². The molecule has 13 heavy (non-hydrogen) atoms. The fraction of sp³-hybridized carbons (Fsp3) is 0.455. The van der Waals surface area contributed by atoms with Crippen LogP contribution in [-0.2, 0) is 12.8 Å². The molecule has 0 spiro atoms. The monoisotopic (exact) mass is 180 g/mol. The lowest BCUT2D eigenvalue weighted by Gasteiger charge is -2.06. The van der Waals surface area contributed by atoms with Gasteiger partial charge in [0.15, 0.2) is 0 Å². The molecule has 0 heterocycles. The fourth-order valence-electron chi connectivity index (χ4n) is 1.44. The Hall–Kier alpha value is -0.860. The highest BCUT2D eigenvalue weighted by molar-refractivity contribution is 5.27. The summed E-state index contributed by atoms with van der Waals surface area (Å²) in [7, 11) is 0. The van der Waals surface area contributed by atoms with Crippen molar-refractivity contribution >= 4 is 0 Å². The van der Waals surface area contributed by atoms with E-state index in [9.17, 15) is 0 Å². The summed E-state index contributed by atoms with van der Waals surface area (Å²) in [6.07, 6.45) is 2.40. The maximum absolute atomic E-state index is 8.82. The third kappa shape index (κ3) is 3.17. The molecule has 1 rings (SSSR count). The highest BCUT2D eigenvalue weighted by Gasteiger charge is 1.99. The van der Waals surface area contributed by atoms with E-state index >= 15 is 0 Å². The Morgan fingerprint density at radius 2 is 1.46 bits per heavy atom. The van der Waals surface area contributed by atoms with Crippen molar-refractivity contribution in [2.24, 2.45) is 0 Å². The van der Waals surface area contributed by atoms with Crippen molar-refractivity contribution in [2.75, 3.05) is 13.2 Å². The van der Waals surface area contributed by atoms with E-state index in [2.05, 4.69) is 6.07 Å². The average molecular weight is 180 g/mol. The Morgan fingerprint density at radius 1 is 0.846 bits per heavy atom. The van der Waals surface area contributed by atoms with Crippen LogP contribution in [-0.4, -0.2) is 23.4 Å². The molecular formula is C11H16O2. The van der Waals surface area contributed by atoms with Crippen molar-refractivity contribution in [2.45, 2.75) is 19.3 Å². The summed E-state index contributed by atoms with van der Waals surface area (Å²) >= 11 is 0. The molecule has 0 aliphatic carbocycles. The zero-order valence-corrected chi connectivity index (χ0v) is 7.74. The van der Waals surface area contributed by atoms with Gasteiger partial charge in [-0.05, 0) is 30.4 Å². The number of rotatable bonds is 5. The zero-order valence-electron chi connectivity index (χ0n) is 7.74. The van der Waals surface area contributed by atoms with Gasteiger partial charge in [0.05, 0.1) is 0 Å². The van der Waals surface area contributed by atoms with Gasteiger partial charge in [0.25, 0.3) is 0 Å². The molecule has 0 atom stereocenters. The highest BCUT2D eigenvalue weighted by Crippen LogP contribution is 2.11. The van der Waals surface area contributed by atoms with Crippen molar-refractivity contribution < 1.29 is 10.2 Å². The molecule has 0 unspecified atom stereocenters. The van der Waals surface area contributed by atoms with Crippen LogP contribution in [0.1, 0.15) is 17.5 Å². The second-order valence-electron chi connectivity index (χ2n) is 3.07. The van der Waals surface area contributed by atoms with Crippen LogP contribution in [0.15, 0.2) is 24.3 Å². The minimum absolute atomic E-state index is 0.191. The van der Waals surface area contributed by atoms with Gasteiger partial charge in [-0.2, -0.15) is 0 Å². The Labute approximate surface area is 78.8 Å². The Bertz CT molecular complexity index is 246. The molecule has 1 aromatic carbocycles. The molecule has 0 saturated heterocycles. The fourth-order valence-corrected chi connectivity index (χ4v) is 1.44. The van der Waals surface area contributed by atoms with Crippen LogP contribution in [0, 0.1) is 0 Å². The number of hydrogen-bond acceptors (Lipinski definition) is 2. The summed E-state index contributed by atoms with van der Waals surface area (Å²) in [4.78, 5) is 0. The summed E-state index contributed by atoms with van der Waals surface area (Å²) in [6.45, 7) is 0.420. The van der Waals surface area contributed by atoms with Crippen LogP contribution >= 0.6 is 0 Å². The first kappa shape index (κ1) is 10.2. The maximum atomic E-state index is 8.82. The van der Waals surface area contributed by atoms with E-state index in [4.69, 9.17) is 10.2 Å². The normalized spacial score (nSPS) is 10.3. The van der Waals surface area contributed by atoms with E-state index in [1.165, 1.54) is 11.1 Å². The maximum Gasteiger partial charge on any atom is 0.0471 e. The average Bonchev–Trinajstić information content (AvgIpc) is 2.17. The van der Waals surface area contributed by atoms with Gasteiger partial charge in [-0.1, -0.05) is 24.3 Å². The molecule has 72 valence electrons. The predicted octanol–water partition coefficient (Wildman–Crippen LogP) is 1.15. The minimum atomic E-state index is 0.191. The highest BCUT2D eigenvalue weighted by atomic mass is 16.3. The van der Waals surface area contributed by atoms with E-state index in [0.717, 1.165) is 12.8 Å². The molecule has 2 nitrogen and oxygen atoms in total. The third-order valence-electron chi connectivity index (χ3n) is 2.10. The molecule has 0 saturated carbocycles. The van der Waals surface area contributed by atoms with E-state index in [-0.39, 0.29) is 13.2 Å². The standard InChI is InChI=1S/C11H16O2/c12-8-3-6-10-4-1-2-5-11(10)7-9-13/h1-2,4-5,12-13H,3,6-9H2. The minimum Gasteiger partial charge on any atom is -0.396 e. The van der Waals surface area contributed by atoms with Gasteiger partial charge in [0.2, 0.25) is 0 Å². The summed E-state index contributed by atoms with van der Waals surface area (Å²) < 4.78 is 0. The first-order chi connectivity index (χ1) is 6.38. The van der Waals surface area contributed by atoms with Gasteiger partial charge in [0, 0.05) is 13.2 Å². The molecule has 0 aliphatic heterocycles. The van der Waals surface area contributed by atoms with Crippen molar-refractivity contribution in [3.8, 4) is 0 Å². The molecule has 1 aromatic rings. The largest absolute Gasteiger partial charge is 0.396 e. The molecule has 2 heteroatoms. The first-order valence-electron chi connectivity index (χ1n) is 4.67. The second-order valence-corrected chi connectivity index (χ2v) is 3.07.